The monoisotopic (exact) mass is 337 g/mol. The lowest BCUT2D eigenvalue weighted by Gasteiger charge is -2.12. The van der Waals surface area contributed by atoms with Crippen molar-refractivity contribution < 1.29 is 9.52 Å². The minimum absolute atomic E-state index is 0.253. The van der Waals surface area contributed by atoms with Gasteiger partial charge in [0.05, 0.1) is 12.1 Å². The number of aliphatic hydroxyl groups is 1. The summed E-state index contributed by atoms with van der Waals surface area (Å²) in [5, 5.41) is 17.4. The van der Waals surface area contributed by atoms with Gasteiger partial charge in [0.15, 0.2) is 0 Å². The van der Waals surface area contributed by atoms with Gasteiger partial charge in [-0.1, -0.05) is 12.1 Å². The molecule has 1 aliphatic rings. The van der Waals surface area contributed by atoms with Crippen molar-refractivity contribution in [1.82, 2.24) is 15.1 Å². The Morgan fingerprint density at radius 1 is 1.35 bits per heavy atom. The third-order valence-corrected chi connectivity index (χ3v) is 4.25. The van der Waals surface area contributed by atoms with E-state index in [9.17, 15) is 0 Å². The third kappa shape index (κ3) is 2.92. The molecule has 0 amide bonds. The molecule has 1 fully saturated rings. The van der Waals surface area contributed by atoms with Crippen LogP contribution in [-0.2, 0) is 6.54 Å². The maximum atomic E-state index is 9.15. The molecule has 0 spiro atoms. The van der Waals surface area contributed by atoms with Crippen LogP contribution in [0.2, 0.25) is 0 Å². The van der Waals surface area contributed by atoms with E-state index in [1.54, 1.807) is 0 Å². The molecular formula is C14H16BrN3O2. The molecule has 20 heavy (non-hydrogen) atoms. The van der Waals surface area contributed by atoms with E-state index < -0.39 is 0 Å². The van der Waals surface area contributed by atoms with Crippen LogP contribution < -0.4 is 0 Å². The molecule has 1 N–H and O–H groups in total. The largest absolute Gasteiger partial charge is 0.419 e. The Hall–Kier alpha value is -1.24. The van der Waals surface area contributed by atoms with Crippen molar-refractivity contribution in [2.24, 2.45) is 5.92 Å². The van der Waals surface area contributed by atoms with Gasteiger partial charge < -0.3 is 9.52 Å². The van der Waals surface area contributed by atoms with Gasteiger partial charge in [0.1, 0.15) is 0 Å². The van der Waals surface area contributed by atoms with Crippen molar-refractivity contribution in [1.29, 1.82) is 0 Å². The number of likely N-dealkylation sites (tertiary alicyclic amines) is 1. The van der Waals surface area contributed by atoms with Crippen LogP contribution >= 0.6 is 15.9 Å². The van der Waals surface area contributed by atoms with Gasteiger partial charge in [-0.3, -0.25) is 4.90 Å². The number of aromatic nitrogens is 2. The molecule has 0 radical (unpaired) electrons. The molecule has 1 atom stereocenters. The molecular weight excluding hydrogens is 322 g/mol. The van der Waals surface area contributed by atoms with Gasteiger partial charge in [-0.15, -0.1) is 10.2 Å². The molecule has 1 aliphatic heterocycles. The number of halogens is 1. The maximum Gasteiger partial charge on any atom is 0.248 e. The Morgan fingerprint density at radius 3 is 2.95 bits per heavy atom. The zero-order valence-electron chi connectivity index (χ0n) is 11.0. The van der Waals surface area contributed by atoms with E-state index in [-0.39, 0.29) is 6.61 Å². The Labute approximate surface area is 125 Å². The first kappa shape index (κ1) is 13.7. The Kier molecular flexibility index (Phi) is 4.14. The Bertz CT molecular complexity index is 587. The first-order valence-corrected chi connectivity index (χ1v) is 7.46. The fourth-order valence-corrected chi connectivity index (χ4v) is 2.91. The first-order valence-electron chi connectivity index (χ1n) is 6.67. The summed E-state index contributed by atoms with van der Waals surface area (Å²) < 4.78 is 6.67. The van der Waals surface area contributed by atoms with Gasteiger partial charge >= 0.3 is 0 Å². The molecule has 5 nitrogen and oxygen atoms in total. The normalized spacial score (nSPS) is 19.6. The molecule has 6 heteroatoms. The van der Waals surface area contributed by atoms with E-state index in [4.69, 9.17) is 9.52 Å². The molecule has 0 saturated carbocycles. The molecule has 2 heterocycles. The molecule has 1 saturated heterocycles. The SMILES string of the molecule is OCC1CCN(Cc2nnc(-c3ccccc3Br)o2)C1. The van der Waals surface area contributed by atoms with Crippen LogP contribution in [-0.4, -0.2) is 39.9 Å². The average molecular weight is 338 g/mol. The number of hydrogen-bond acceptors (Lipinski definition) is 5. The van der Waals surface area contributed by atoms with Crippen LogP contribution in [0.1, 0.15) is 12.3 Å². The zero-order chi connectivity index (χ0) is 13.9. The van der Waals surface area contributed by atoms with Crippen molar-refractivity contribution >= 4 is 15.9 Å². The number of rotatable bonds is 4. The number of nitrogens with zero attached hydrogens (tertiary/aromatic N) is 3. The predicted molar refractivity (Wildman–Crippen MR) is 77.9 cm³/mol. The lowest BCUT2D eigenvalue weighted by molar-refractivity contribution is 0.215. The summed E-state index contributed by atoms with van der Waals surface area (Å²) in [7, 11) is 0. The molecule has 3 rings (SSSR count). The molecule has 1 unspecified atom stereocenters. The fraction of sp³-hybridized carbons (Fsp3) is 0.429. The van der Waals surface area contributed by atoms with Crippen LogP contribution in [0.4, 0.5) is 0 Å². The zero-order valence-corrected chi connectivity index (χ0v) is 12.6. The number of aliphatic hydroxyl groups excluding tert-OH is 1. The standard InChI is InChI=1S/C14H16BrN3O2/c15-12-4-2-1-3-11(12)14-17-16-13(20-14)8-18-6-5-10(7-18)9-19/h1-4,10,19H,5-9H2. The Balaban J connectivity index is 1.70. The van der Waals surface area contributed by atoms with Gasteiger partial charge in [-0.05, 0) is 46.9 Å². The third-order valence-electron chi connectivity index (χ3n) is 3.56. The molecule has 1 aromatic heterocycles. The highest BCUT2D eigenvalue weighted by molar-refractivity contribution is 9.10. The van der Waals surface area contributed by atoms with E-state index in [0.29, 0.717) is 24.2 Å². The molecule has 0 bridgehead atoms. The van der Waals surface area contributed by atoms with Crippen molar-refractivity contribution in [3.05, 3.63) is 34.6 Å². The first-order chi connectivity index (χ1) is 9.76. The van der Waals surface area contributed by atoms with Crippen LogP contribution in [0, 0.1) is 5.92 Å². The lowest BCUT2D eigenvalue weighted by Crippen LogP contribution is -2.21. The highest BCUT2D eigenvalue weighted by Crippen LogP contribution is 2.27. The van der Waals surface area contributed by atoms with Gasteiger partial charge in [0, 0.05) is 17.6 Å². The number of hydrogen-bond donors (Lipinski definition) is 1. The molecule has 1 aromatic carbocycles. The summed E-state index contributed by atoms with van der Waals surface area (Å²) in [5.41, 5.74) is 0.904. The van der Waals surface area contributed by atoms with E-state index in [1.165, 1.54) is 0 Å². The van der Waals surface area contributed by atoms with Gasteiger partial charge in [0.2, 0.25) is 11.8 Å². The summed E-state index contributed by atoms with van der Waals surface area (Å²) in [5.74, 6) is 1.53. The minimum atomic E-state index is 0.253. The molecule has 106 valence electrons. The van der Waals surface area contributed by atoms with Crippen molar-refractivity contribution in [3.8, 4) is 11.5 Å². The topological polar surface area (TPSA) is 62.4 Å². The number of benzene rings is 1. The minimum Gasteiger partial charge on any atom is -0.419 e. The summed E-state index contributed by atoms with van der Waals surface area (Å²) >= 11 is 3.48. The summed E-state index contributed by atoms with van der Waals surface area (Å²) in [6.07, 6.45) is 1.03. The fourth-order valence-electron chi connectivity index (χ4n) is 2.46. The summed E-state index contributed by atoms with van der Waals surface area (Å²) in [4.78, 5) is 2.23. The van der Waals surface area contributed by atoms with E-state index in [0.717, 1.165) is 29.5 Å². The Morgan fingerprint density at radius 2 is 2.20 bits per heavy atom. The van der Waals surface area contributed by atoms with Crippen LogP contribution in [0.3, 0.4) is 0 Å². The summed E-state index contributed by atoms with van der Waals surface area (Å²) in [6, 6.07) is 7.78. The van der Waals surface area contributed by atoms with E-state index in [2.05, 4.69) is 31.0 Å². The average Bonchev–Trinajstić information content (AvgIpc) is 3.09. The molecule has 2 aromatic rings. The second kappa shape index (κ2) is 6.03. The summed E-state index contributed by atoms with van der Waals surface area (Å²) in [6.45, 7) is 2.76. The maximum absolute atomic E-state index is 9.15. The van der Waals surface area contributed by atoms with E-state index in [1.807, 2.05) is 24.3 Å². The van der Waals surface area contributed by atoms with Crippen LogP contribution in [0.25, 0.3) is 11.5 Å². The van der Waals surface area contributed by atoms with Crippen molar-refractivity contribution in [3.63, 3.8) is 0 Å². The van der Waals surface area contributed by atoms with Crippen molar-refractivity contribution in [2.75, 3.05) is 19.7 Å². The predicted octanol–water partition coefficient (Wildman–Crippen LogP) is 2.31. The van der Waals surface area contributed by atoms with Gasteiger partial charge in [-0.25, -0.2) is 0 Å². The highest BCUT2D eigenvalue weighted by atomic mass is 79.9. The van der Waals surface area contributed by atoms with Crippen LogP contribution in [0.5, 0.6) is 0 Å². The van der Waals surface area contributed by atoms with Crippen LogP contribution in [0.15, 0.2) is 33.2 Å². The lowest BCUT2D eigenvalue weighted by atomic mass is 10.1. The highest BCUT2D eigenvalue weighted by Gasteiger charge is 2.23. The smallest absolute Gasteiger partial charge is 0.248 e. The molecule has 0 aliphatic carbocycles. The van der Waals surface area contributed by atoms with Crippen molar-refractivity contribution in [2.45, 2.75) is 13.0 Å². The quantitative estimate of drug-likeness (QED) is 0.927. The second-order valence-electron chi connectivity index (χ2n) is 5.05. The van der Waals surface area contributed by atoms with E-state index >= 15 is 0 Å². The van der Waals surface area contributed by atoms with Gasteiger partial charge in [0.25, 0.3) is 0 Å². The second-order valence-corrected chi connectivity index (χ2v) is 5.91. The van der Waals surface area contributed by atoms with Gasteiger partial charge in [-0.2, -0.15) is 0 Å².